The van der Waals surface area contributed by atoms with E-state index in [9.17, 15) is 4.79 Å². The van der Waals surface area contributed by atoms with Crippen LogP contribution in [0.4, 0.5) is 0 Å². The molecule has 48 heavy (non-hydrogen) atoms. The summed E-state index contributed by atoms with van der Waals surface area (Å²) in [4.78, 5) is 11.9. The van der Waals surface area contributed by atoms with Gasteiger partial charge in [0.25, 0.3) is 0 Å². The van der Waals surface area contributed by atoms with E-state index in [1.807, 2.05) is 0 Å². The van der Waals surface area contributed by atoms with Gasteiger partial charge in [-0.25, -0.2) is 0 Å². The lowest BCUT2D eigenvalue weighted by molar-refractivity contribution is -0.145. The molecule has 0 bridgehead atoms. The molecule has 0 aromatic carbocycles. The van der Waals surface area contributed by atoms with E-state index >= 15 is 0 Å². The smallest absolute Gasteiger partial charge is 0.305 e. The first-order valence-electron chi connectivity index (χ1n) is 20.9. The largest absolute Gasteiger partial charge is 0.463 e. The molecule has 0 atom stereocenters. The summed E-state index contributed by atoms with van der Waals surface area (Å²) in [5, 5.41) is 0. The van der Waals surface area contributed by atoms with Crippen molar-refractivity contribution in [3.63, 3.8) is 0 Å². The fourth-order valence-electron chi connectivity index (χ4n) is 5.78. The Labute approximate surface area is 298 Å². The Morgan fingerprint density at radius 2 is 0.542 bits per heavy atom. The van der Waals surface area contributed by atoms with Gasteiger partial charge in [0.2, 0.25) is 0 Å². The number of unbranched alkanes of at least 4 members (excludes halogenated alkanes) is 24. The molecular formula is C41H82O7. The van der Waals surface area contributed by atoms with Gasteiger partial charge in [-0.15, -0.1) is 0 Å². The molecule has 0 saturated carbocycles. The SMILES string of the molecule is CCCCCCCCCCCCCCCCCC(=O)OCCOCCOCCOCCOCCOCCCCCCCCCCCCC. The van der Waals surface area contributed by atoms with Gasteiger partial charge < -0.3 is 28.4 Å². The van der Waals surface area contributed by atoms with Crippen LogP contribution in [0.2, 0.25) is 0 Å². The summed E-state index contributed by atoms with van der Waals surface area (Å²) in [6.07, 6.45) is 35.3. The Morgan fingerprint density at radius 1 is 0.292 bits per heavy atom. The summed E-state index contributed by atoms with van der Waals surface area (Å²) in [5.74, 6) is -0.113. The quantitative estimate of drug-likeness (QED) is 0.0467. The molecule has 0 rings (SSSR count). The van der Waals surface area contributed by atoms with Crippen LogP contribution in [0, 0.1) is 0 Å². The third-order valence-corrected chi connectivity index (χ3v) is 8.86. The molecule has 7 heteroatoms. The average molecular weight is 687 g/mol. The Bertz CT molecular complexity index is 589. The Balaban J connectivity index is 3.13. The fourth-order valence-corrected chi connectivity index (χ4v) is 5.78. The van der Waals surface area contributed by atoms with Gasteiger partial charge in [0, 0.05) is 13.0 Å². The van der Waals surface area contributed by atoms with E-state index < -0.39 is 0 Å². The molecule has 0 aliphatic rings. The molecule has 0 spiro atoms. The third-order valence-electron chi connectivity index (χ3n) is 8.86. The number of hydrogen-bond acceptors (Lipinski definition) is 7. The highest BCUT2D eigenvalue weighted by atomic mass is 16.6. The molecule has 0 saturated heterocycles. The van der Waals surface area contributed by atoms with Crippen molar-refractivity contribution in [2.45, 2.75) is 187 Å². The fraction of sp³-hybridized carbons (Fsp3) is 0.976. The van der Waals surface area contributed by atoms with Crippen molar-refractivity contribution < 1.29 is 33.2 Å². The van der Waals surface area contributed by atoms with Crippen LogP contribution in [-0.2, 0) is 33.2 Å². The first-order chi connectivity index (χ1) is 23.8. The molecule has 0 heterocycles. The van der Waals surface area contributed by atoms with Crippen LogP contribution < -0.4 is 0 Å². The maximum absolute atomic E-state index is 11.9. The van der Waals surface area contributed by atoms with E-state index in [4.69, 9.17) is 28.4 Å². The lowest BCUT2D eigenvalue weighted by atomic mass is 10.0. The van der Waals surface area contributed by atoms with Gasteiger partial charge in [0.1, 0.15) is 6.61 Å². The van der Waals surface area contributed by atoms with Gasteiger partial charge >= 0.3 is 5.97 Å². The molecule has 0 radical (unpaired) electrons. The summed E-state index contributed by atoms with van der Waals surface area (Å²) < 4.78 is 33.0. The van der Waals surface area contributed by atoms with Crippen molar-refractivity contribution in [1.29, 1.82) is 0 Å². The molecule has 0 unspecified atom stereocenters. The van der Waals surface area contributed by atoms with Crippen LogP contribution in [0.25, 0.3) is 0 Å². The predicted molar refractivity (Wildman–Crippen MR) is 201 cm³/mol. The second-order valence-corrected chi connectivity index (χ2v) is 13.5. The van der Waals surface area contributed by atoms with Crippen molar-refractivity contribution in [3.05, 3.63) is 0 Å². The van der Waals surface area contributed by atoms with E-state index in [-0.39, 0.29) is 5.97 Å². The highest BCUT2D eigenvalue weighted by Crippen LogP contribution is 2.14. The molecule has 0 aromatic heterocycles. The molecule has 0 aromatic rings. The zero-order chi connectivity index (χ0) is 34.7. The van der Waals surface area contributed by atoms with Crippen LogP contribution in [-0.4, -0.2) is 78.6 Å². The topological polar surface area (TPSA) is 72.5 Å². The number of esters is 1. The summed E-state index contributed by atoms with van der Waals surface area (Å²) in [6, 6.07) is 0. The standard InChI is InChI=1S/C41H82O7/c1-3-5-7-9-11-13-15-16-17-18-19-21-23-25-27-29-41(42)48-40-39-47-38-37-46-36-35-45-34-33-44-32-31-43-30-28-26-24-22-20-14-12-10-8-6-4-2/h3-40H2,1-2H3. The van der Waals surface area contributed by atoms with Crippen molar-refractivity contribution in [2.75, 3.05) is 72.7 Å². The molecule has 0 aliphatic heterocycles. The monoisotopic (exact) mass is 687 g/mol. The van der Waals surface area contributed by atoms with Gasteiger partial charge in [0.05, 0.1) is 59.5 Å². The van der Waals surface area contributed by atoms with Crippen LogP contribution in [0.5, 0.6) is 0 Å². The summed E-state index contributed by atoms with van der Waals surface area (Å²) >= 11 is 0. The zero-order valence-corrected chi connectivity index (χ0v) is 32.2. The van der Waals surface area contributed by atoms with Gasteiger partial charge in [-0.05, 0) is 12.8 Å². The summed E-state index contributed by atoms with van der Waals surface area (Å²) in [5.41, 5.74) is 0. The number of rotatable bonds is 43. The Hall–Kier alpha value is -0.730. The molecule has 0 N–H and O–H groups in total. The molecule has 0 aliphatic carbocycles. The molecule has 0 amide bonds. The van der Waals surface area contributed by atoms with Crippen LogP contribution in [0.3, 0.4) is 0 Å². The normalized spacial score (nSPS) is 11.5. The van der Waals surface area contributed by atoms with E-state index in [2.05, 4.69) is 13.8 Å². The first-order valence-corrected chi connectivity index (χ1v) is 20.9. The maximum Gasteiger partial charge on any atom is 0.305 e. The zero-order valence-electron chi connectivity index (χ0n) is 32.2. The van der Waals surface area contributed by atoms with Crippen molar-refractivity contribution in [3.8, 4) is 0 Å². The second-order valence-electron chi connectivity index (χ2n) is 13.5. The minimum absolute atomic E-state index is 0.113. The van der Waals surface area contributed by atoms with Gasteiger partial charge in [-0.1, -0.05) is 168 Å². The van der Waals surface area contributed by atoms with E-state index in [0.29, 0.717) is 72.5 Å². The number of carbonyl (C=O) groups is 1. The lowest BCUT2D eigenvalue weighted by Gasteiger charge is -2.08. The minimum Gasteiger partial charge on any atom is -0.463 e. The highest BCUT2D eigenvalue weighted by molar-refractivity contribution is 5.69. The Kier molecular flexibility index (Phi) is 43.6. The predicted octanol–water partition coefficient (Wildman–Crippen LogP) is 11.2. The minimum atomic E-state index is -0.113. The lowest BCUT2D eigenvalue weighted by Crippen LogP contribution is -2.15. The van der Waals surface area contributed by atoms with Crippen molar-refractivity contribution in [1.82, 2.24) is 0 Å². The molecule has 0 fully saturated rings. The van der Waals surface area contributed by atoms with E-state index in [0.717, 1.165) is 25.9 Å². The number of hydrogen-bond donors (Lipinski definition) is 0. The van der Waals surface area contributed by atoms with E-state index in [1.54, 1.807) is 0 Å². The number of carbonyl (C=O) groups excluding carboxylic acids is 1. The third kappa shape index (κ3) is 43.3. The van der Waals surface area contributed by atoms with Crippen LogP contribution in [0.15, 0.2) is 0 Å². The second kappa shape index (κ2) is 44.3. The van der Waals surface area contributed by atoms with Crippen molar-refractivity contribution in [2.24, 2.45) is 0 Å². The van der Waals surface area contributed by atoms with Gasteiger partial charge in [-0.2, -0.15) is 0 Å². The first kappa shape index (κ1) is 47.3. The molecule has 7 nitrogen and oxygen atoms in total. The Morgan fingerprint density at radius 3 is 0.875 bits per heavy atom. The molecular weight excluding hydrogens is 604 g/mol. The molecule has 288 valence electrons. The highest BCUT2D eigenvalue weighted by Gasteiger charge is 2.03. The van der Waals surface area contributed by atoms with Gasteiger partial charge in [0.15, 0.2) is 0 Å². The van der Waals surface area contributed by atoms with Crippen molar-refractivity contribution >= 4 is 5.97 Å². The summed E-state index contributed by atoms with van der Waals surface area (Å²) in [7, 11) is 0. The van der Waals surface area contributed by atoms with E-state index in [1.165, 1.54) is 148 Å². The average Bonchev–Trinajstić information content (AvgIpc) is 3.09. The van der Waals surface area contributed by atoms with Crippen LogP contribution >= 0.6 is 0 Å². The number of ether oxygens (including phenoxy) is 6. The maximum atomic E-state index is 11.9. The van der Waals surface area contributed by atoms with Gasteiger partial charge in [-0.3, -0.25) is 4.79 Å². The van der Waals surface area contributed by atoms with Crippen LogP contribution in [0.1, 0.15) is 187 Å². The summed E-state index contributed by atoms with van der Waals surface area (Å²) in [6.45, 7) is 10.6.